The summed E-state index contributed by atoms with van der Waals surface area (Å²) in [5.41, 5.74) is 4.05. The SMILES string of the molecule is CCOC(=O)/C=C(\C)C#CSc1ccc2c(c1)C(C)(C)CCC2(C)C. The molecule has 0 radical (unpaired) electrons. The predicted molar refractivity (Wildman–Crippen MR) is 106 cm³/mol. The second-order valence-corrected chi connectivity index (χ2v) is 8.76. The van der Waals surface area contributed by atoms with Gasteiger partial charge in [0.1, 0.15) is 0 Å². The van der Waals surface area contributed by atoms with E-state index in [-0.39, 0.29) is 16.8 Å². The first-order chi connectivity index (χ1) is 11.7. The maximum atomic E-state index is 11.4. The van der Waals surface area contributed by atoms with Gasteiger partial charge in [-0.05, 0) is 77.8 Å². The number of fused-ring (bicyclic) bond motifs is 1. The first-order valence-electron chi connectivity index (χ1n) is 8.83. The molecule has 3 heteroatoms. The Morgan fingerprint density at radius 2 is 1.84 bits per heavy atom. The molecule has 0 bridgehead atoms. The van der Waals surface area contributed by atoms with E-state index < -0.39 is 0 Å². The minimum atomic E-state index is -0.336. The van der Waals surface area contributed by atoms with Crippen LogP contribution in [-0.4, -0.2) is 12.6 Å². The predicted octanol–water partition coefficient (Wildman–Crippen LogP) is 5.60. The second kappa shape index (κ2) is 7.70. The molecule has 134 valence electrons. The van der Waals surface area contributed by atoms with Crippen molar-refractivity contribution >= 4 is 17.7 Å². The van der Waals surface area contributed by atoms with Gasteiger partial charge in [-0.2, -0.15) is 0 Å². The van der Waals surface area contributed by atoms with Gasteiger partial charge in [-0.1, -0.05) is 39.7 Å². The molecule has 0 aliphatic heterocycles. The maximum Gasteiger partial charge on any atom is 0.331 e. The van der Waals surface area contributed by atoms with Crippen molar-refractivity contribution in [3.05, 3.63) is 41.0 Å². The Balaban J connectivity index is 2.19. The van der Waals surface area contributed by atoms with Crippen LogP contribution in [0, 0.1) is 11.2 Å². The third kappa shape index (κ3) is 4.92. The number of ether oxygens (including phenoxy) is 1. The normalized spacial score (nSPS) is 17.9. The smallest absolute Gasteiger partial charge is 0.331 e. The summed E-state index contributed by atoms with van der Waals surface area (Å²) in [6.45, 7) is 13.3. The number of benzene rings is 1. The summed E-state index contributed by atoms with van der Waals surface area (Å²) in [7, 11) is 0. The molecule has 1 aromatic carbocycles. The molecule has 25 heavy (non-hydrogen) atoms. The summed E-state index contributed by atoms with van der Waals surface area (Å²) in [6.07, 6.45) is 3.86. The van der Waals surface area contributed by atoms with Crippen LogP contribution in [0.5, 0.6) is 0 Å². The minimum Gasteiger partial charge on any atom is -0.463 e. The molecule has 0 saturated heterocycles. The number of esters is 1. The summed E-state index contributed by atoms with van der Waals surface area (Å²) >= 11 is 1.51. The van der Waals surface area contributed by atoms with Crippen molar-refractivity contribution in [2.45, 2.75) is 70.1 Å². The molecule has 2 nitrogen and oxygen atoms in total. The molecule has 2 rings (SSSR count). The number of carbonyl (C=O) groups is 1. The molecule has 0 heterocycles. The van der Waals surface area contributed by atoms with Gasteiger partial charge in [0.2, 0.25) is 0 Å². The molecule has 1 aliphatic rings. The second-order valence-electron chi connectivity index (χ2n) is 7.88. The Kier molecular flexibility index (Phi) is 6.06. The Bertz CT molecular complexity index is 745. The van der Waals surface area contributed by atoms with Crippen molar-refractivity contribution in [2.75, 3.05) is 6.61 Å². The van der Waals surface area contributed by atoms with Gasteiger partial charge >= 0.3 is 5.97 Å². The minimum absolute atomic E-state index is 0.203. The monoisotopic (exact) mass is 356 g/mol. The van der Waals surface area contributed by atoms with E-state index in [4.69, 9.17) is 4.74 Å². The standard InChI is InChI=1S/C22H28O2S/c1-7-24-20(23)14-16(2)10-13-25-17-8-9-18-19(15-17)22(5,6)12-11-21(18,3)4/h8-9,14-15H,7,11-12H2,1-6H3/b16-14+. The molecular formula is C22H28O2S. The average molecular weight is 357 g/mol. The van der Waals surface area contributed by atoms with E-state index in [0.717, 1.165) is 4.90 Å². The summed E-state index contributed by atoms with van der Waals surface area (Å²) in [5.74, 6) is 2.67. The zero-order valence-corrected chi connectivity index (χ0v) is 17.0. The largest absolute Gasteiger partial charge is 0.463 e. The Hall–Kier alpha value is -1.66. The molecular weight excluding hydrogens is 328 g/mol. The molecule has 0 saturated carbocycles. The first kappa shape index (κ1) is 19.7. The van der Waals surface area contributed by atoms with Gasteiger partial charge < -0.3 is 4.74 Å². The van der Waals surface area contributed by atoms with Crippen LogP contribution < -0.4 is 0 Å². The summed E-state index contributed by atoms with van der Waals surface area (Å²) < 4.78 is 4.89. The van der Waals surface area contributed by atoms with Crippen molar-refractivity contribution in [1.29, 1.82) is 0 Å². The average Bonchev–Trinajstić information content (AvgIpc) is 2.52. The van der Waals surface area contributed by atoms with E-state index in [1.54, 1.807) is 6.92 Å². The van der Waals surface area contributed by atoms with Gasteiger partial charge in [-0.25, -0.2) is 4.79 Å². The topological polar surface area (TPSA) is 26.3 Å². The van der Waals surface area contributed by atoms with Crippen molar-refractivity contribution in [2.24, 2.45) is 0 Å². The lowest BCUT2D eigenvalue weighted by molar-refractivity contribution is -0.137. The fourth-order valence-corrected chi connectivity index (χ4v) is 3.84. The highest BCUT2D eigenvalue weighted by Crippen LogP contribution is 2.46. The third-order valence-electron chi connectivity index (χ3n) is 4.86. The lowest BCUT2D eigenvalue weighted by Gasteiger charge is -2.42. The van der Waals surface area contributed by atoms with Gasteiger partial charge in [0.15, 0.2) is 0 Å². The maximum absolute atomic E-state index is 11.4. The molecule has 0 atom stereocenters. The van der Waals surface area contributed by atoms with Crippen LogP contribution in [0.3, 0.4) is 0 Å². The zero-order valence-electron chi connectivity index (χ0n) is 16.2. The van der Waals surface area contributed by atoms with Gasteiger partial charge in [-0.15, -0.1) is 0 Å². The summed E-state index contributed by atoms with van der Waals surface area (Å²) in [4.78, 5) is 12.6. The lowest BCUT2D eigenvalue weighted by atomic mass is 9.63. The number of carbonyl (C=O) groups excluding carboxylic acids is 1. The molecule has 1 aromatic rings. The number of hydrogen-bond acceptors (Lipinski definition) is 3. The van der Waals surface area contributed by atoms with Gasteiger partial charge in [-0.3, -0.25) is 0 Å². The van der Waals surface area contributed by atoms with E-state index in [1.807, 2.05) is 6.92 Å². The van der Waals surface area contributed by atoms with Crippen molar-refractivity contribution in [3.8, 4) is 11.2 Å². The molecule has 0 unspecified atom stereocenters. The third-order valence-corrected chi connectivity index (χ3v) is 5.56. The highest BCUT2D eigenvalue weighted by atomic mass is 32.2. The molecule has 1 aliphatic carbocycles. The van der Waals surface area contributed by atoms with Crippen molar-refractivity contribution < 1.29 is 9.53 Å². The van der Waals surface area contributed by atoms with E-state index in [2.05, 4.69) is 57.1 Å². The number of hydrogen-bond donors (Lipinski definition) is 0. The molecule has 0 N–H and O–H groups in total. The van der Waals surface area contributed by atoms with Crippen LogP contribution in [0.25, 0.3) is 0 Å². The van der Waals surface area contributed by atoms with Crippen molar-refractivity contribution in [3.63, 3.8) is 0 Å². The summed E-state index contributed by atoms with van der Waals surface area (Å²) in [6, 6.07) is 6.72. The lowest BCUT2D eigenvalue weighted by Crippen LogP contribution is -2.33. The Morgan fingerprint density at radius 1 is 1.20 bits per heavy atom. The van der Waals surface area contributed by atoms with E-state index in [9.17, 15) is 4.79 Å². The summed E-state index contributed by atoms with van der Waals surface area (Å²) in [5, 5.41) is 3.09. The Labute approximate surface area is 156 Å². The Morgan fingerprint density at radius 3 is 2.48 bits per heavy atom. The highest BCUT2D eigenvalue weighted by Gasteiger charge is 2.36. The molecule has 0 spiro atoms. The fraction of sp³-hybridized carbons (Fsp3) is 0.500. The number of rotatable bonds is 3. The van der Waals surface area contributed by atoms with E-state index in [0.29, 0.717) is 12.2 Å². The van der Waals surface area contributed by atoms with Crippen LogP contribution in [0.1, 0.15) is 65.5 Å². The number of thioether (sulfide) groups is 1. The van der Waals surface area contributed by atoms with E-state index >= 15 is 0 Å². The fourth-order valence-electron chi connectivity index (χ4n) is 3.19. The van der Waals surface area contributed by atoms with Crippen LogP contribution in [-0.2, 0) is 20.4 Å². The van der Waals surface area contributed by atoms with Crippen molar-refractivity contribution in [1.82, 2.24) is 0 Å². The molecule has 0 fully saturated rings. The van der Waals surface area contributed by atoms with Gasteiger partial charge in [0.05, 0.1) is 6.61 Å². The molecule has 0 amide bonds. The van der Waals surface area contributed by atoms with Crippen LogP contribution in [0.2, 0.25) is 0 Å². The van der Waals surface area contributed by atoms with Gasteiger partial charge in [0, 0.05) is 16.5 Å². The zero-order chi connectivity index (χ0) is 18.7. The molecule has 0 aromatic heterocycles. The quantitative estimate of drug-likeness (QED) is 0.305. The van der Waals surface area contributed by atoms with Gasteiger partial charge in [0.25, 0.3) is 0 Å². The van der Waals surface area contributed by atoms with Crippen LogP contribution >= 0.6 is 11.8 Å². The first-order valence-corrected chi connectivity index (χ1v) is 9.65. The van der Waals surface area contributed by atoms with Crippen LogP contribution in [0.15, 0.2) is 34.7 Å². The highest BCUT2D eigenvalue weighted by molar-refractivity contribution is 8.04. The number of allylic oxidation sites excluding steroid dienone is 1. The van der Waals surface area contributed by atoms with Crippen LogP contribution in [0.4, 0.5) is 0 Å². The van der Waals surface area contributed by atoms with E-state index in [1.165, 1.54) is 41.8 Å².